The van der Waals surface area contributed by atoms with Crippen molar-refractivity contribution in [3.05, 3.63) is 35.9 Å². The van der Waals surface area contributed by atoms with Gasteiger partial charge in [0, 0.05) is 12.1 Å². The van der Waals surface area contributed by atoms with Gasteiger partial charge in [-0.2, -0.15) is 0 Å². The standard InChI is InChI=1S/C16H27NO3S2/c1-15(2,3)12-16(4,5)17-11-14(21-22(18,19)20)13-9-7-6-8-10-13/h6-10,14,17H,11-12H2,1-5H3,(H,18,19,20)/p-1. The molecule has 1 atom stereocenters. The molecular formula is C16H26NO3S2-. The molecule has 0 aromatic heterocycles. The molecule has 1 rings (SSSR count). The van der Waals surface area contributed by atoms with Crippen molar-refractivity contribution in [1.82, 2.24) is 5.32 Å². The summed E-state index contributed by atoms with van der Waals surface area (Å²) in [6.45, 7) is 11.1. The van der Waals surface area contributed by atoms with Gasteiger partial charge in [0.05, 0.1) is 5.25 Å². The van der Waals surface area contributed by atoms with Gasteiger partial charge in [-0.1, -0.05) is 51.1 Å². The van der Waals surface area contributed by atoms with Crippen molar-refractivity contribution >= 4 is 19.9 Å². The summed E-state index contributed by atoms with van der Waals surface area (Å²) in [6.07, 6.45) is 0.941. The molecular weight excluding hydrogens is 318 g/mol. The zero-order valence-corrected chi connectivity index (χ0v) is 15.6. The lowest BCUT2D eigenvalue weighted by Crippen LogP contribution is -2.44. The second kappa shape index (κ2) is 7.34. The SMILES string of the molecule is CC(C)(C)CC(C)(C)NCC(SS(=O)(=O)[O-])c1ccccc1. The van der Waals surface area contributed by atoms with Gasteiger partial charge in [-0.05, 0) is 42.0 Å². The van der Waals surface area contributed by atoms with E-state index in [9.17, 15) is 13.0 Å². The average Bonchev–Trinajstić information content (AvgIpc) is 2.31. The molecule has 0 spiro atoms. The van der Waals surface area contributed by atoms with Gasteiger partial charge in [0.1, 0.15) is 9.15 Å². The number of hydrogen-bond acceptors (Lipinski definition) is 5. The lowest BCUT2D eigenvalue weighted by Gasteiger charge is -2.35. The largest absolute Gasteiger partial charge is 0.739 e. The maximum atomic E-state index is 11.1. The van der Waals surface area contributed by atoms with Crippen LogP contribution in [0.1, 0.15) is 51.9 Å². The Balaban J connectivity index is 2.82. The summed E-state index contributed by atoms with van der Waals surface area (Å²) in [5, 5.41) is 3.00. The van der Waals surface area contributed by atoms with Crippen LogP contribution in [0.4, 0.5) is 0 Å². The van der Waals surface area contributed by atoms with Gasteiger partial charge < -0.3 is 9.87 Å². The molecule has 1 aromatic rings. The van der Waals surface area contributed by atoms with Crippen LogP contribution >= 0.6 is 10.8 Å². The molecule has 0 radical (unpaired) electrons. The fourth-order valence-corrected chi connectivity index (χ4v) is 4.87. The third-order valence-electron chi connectivity index (χ3n) is 3.14. The Morgan fingerprint density at radius 3 is 2.14 bits per heavy atom. The van der Waals surface area contributed by atoms with Crippen molar-refractivity contribution in [2.45, 2.75) is 51.8 Å². The van der Waals surface area contributed by atoms with E-state index in [-0.39, 0.29) is 11.0 Å². The highest BCUT2D eigenvalue weighted by Crippen LogP contribution is 2.33. The highest BCUT2D eigenvalue weighted by molar-refractivity contribution is 8.69. The Labute approximate surface area is 138 Å². The molecule has 0 aliphatic rings. The Bertz CT molecular complexity index is 563. The minimum atomic E-state index is -4.35. The van der Waals surface area contributed by atoms with Crippen LogP contribution in [0.5, 0.6) is 0 Å². The summed E-state index contributed by atoms with van der Waals surface area (Å²) >= 11 is 0. The zero-order valence-electron chi connectivity index (χ0n) is 13.9. The number of benzene rings is 1. The fraction of sp³-hybridized carbons (Fsp3) is 0.625. The maximum absolute atomic E-state index is 11.1. The first-order valence-electron chi connectivity index (χ1n) is 7.32. The van der Waals surface area contributed by atoms with E-state index in [1.807, 2.05) is 30.3 Å². The highest BCUT2D eigenvalue weighted by atomic mass is 33.1. The molecule has 0 heterocycles. The van der Waals surface area contributed by atoms with Crippen molar-refractivity contribution in [1.29, 1.82) is 0 Å². The van der Waals surface area contributed by atoms with E-state index in [1.165, 1.54) is 0 Å². The second-order valence-electron chi connectivity index (χ2n) is 7.41. The van der Waals surface area contributed by atoms with Gasteiger partial charge in [-0.25, -0.2) is 8.42 Å². The predicted octanol–water partition coefficient (Wildman–Crippen LogP) is 3.73. The number of hydrogen-bond donors (Lipinski definition) is 1. The molecule has 0 aliphatic carbocycles. The van der Waals surface area contributed by atoms with Gasteiger partial charge >= 0.3 is 0 Å². The molecule has 6 heteroatoms. The Kier molecular flexibility index (Phi) is 6.50. The number of nitrogens with one attached hydrogen (secondary N) is 1. The normalized spacial score (nSPS) is 14.8. The summed E-state index contributed by atoms with van der Waals surface area (Å²) in [6, 6.07) is 9.26. The van der Waals surface area contributed by atoms with E-state index in [0.717, 1.165) is 12.0 Å². The third kappa shape index (κ3) is 8.17. The van der Waals surface area contributed by atoms with Crippen LogP contribution in [0.25, 0.3) is 0 Å². The molecule has 0 bridgehead atoms. The summed E-state index contributed by atoms with van der Waals surface area (Å²) in [5.41, 5.74) is 0.862. The highest BCUT2D eigenvalue weighted by Gasteiger charge is 2.26. The molecule has 22 heavy (non-hydrogen) atoms. The molecule has 1 unspecified atom stereocenters. The van der Waals surface area contributed by atoms with Crippen LogP contribution in [0.15, 0.2) is 30.3 Å². The molecule has 0 saturated carbocycles. The Hall–Kier alpha value is -0.560. The number of rotatable bonds is 7. The molecule has 0 aliphatic heterocycles. The summed E-state index contributed by atoms with van der Waals surface area (Å²) < 4.78 is 33.4. The maximum Gasteiger partial charge on any atom is 0.149 e. The van der Waals surface area contributed by atoms with Gasteiger partial charge in [-0.15, -0.1) is 0 Å². The van der Waals surface area contributed by atoms with E-state index >= 15 is 0 Å². The first-order valence-corrected chi connectivity index (χ1v) is 10.1. The molecule has 1 N–H and O–H groups in total. The topological polar surface area (TPSA) is 69.2 Å². The quantitative estimate of drug-likeness (QED) is 0.603. The first-order chi connectivity index (χ1) is 9.88. The van der Waals surface area contributed by atoms with Gasteiger partial charge in [-0.3, -0.25) is 0 Å². The first kappa shape index (κ1) is 19.5. The third-order valence-corrected chi connectivity index (χ3v) is 5.45. The smallest absolute Gasteiger partial charge is 0.149 e. The molecule has 0 amide bonds. The predicted molar refractivity (Wildman–Crippen MR) is 92.6 cm³/mol. The monoisotopic (exact) mass is 344 g/mol. The van der Waals surface area contributed by atoms with E-state index in [1.54, 1.807) is 0 Å². The van der Waals surface area contributed by atoms with Crippen LogP contribution in [-0.4, -0.2) is 25.1 Å². The van der Waals surface area contributed by atoms with Crippen molar-refractivity contribution in [3.63, 3.8) is 0 Å². The summed E-state index contributed by atoms with van der Waals surface area (Å²) in [5.74, 6) is 0. The van der Waals surface area contributed by atoms with Gasteiger partial charge in [0.2, 0.25) is 0 Å². The molecule has 4 nitrogen and oxygen atoms in total. The van der Waals surface area contributed by atoms with Crippen LogP contribution < -0.4 is 5.32 Å². The molecule has 1 aromatic carbocycles. The van der Waals surface area contributed by atoms with Crippen molar-refractivity contribution in [2.24, 2.45) is 5.41 Å². The molecule has 0 fully saturated rings. The minimum absolute atomic E-state index is 0.140. The second-order valence-corrected chi connectivity index (χ2v) is 10.8. The van der Waals surface area contributed by atoms with Crippen LogP contribution in [0, 0.1) is 5.41 Å². The van der Waals surface area contributed by atoms with Crippen LogP contribution in [0.3, 0.4) is 0 Å². The lowest BCUT2D eigenvalue weighted by molar-refractivity contribution is 0.243. The Morgan fingerprint density at radius 1 is 1.14 bits per heavy atom. The van der Waals surface area contributed by atoms with Gasteiger partial charge in [0.15, 0.2) is 0 Å². The van der Waals surface area contributed by atoms with E-state index in [2.05, 4.69) is 39.9 Å². The van der Waals surface area contributed by atoms with Crippen LogP contribution in [0.2, 0.25) is 0 Å². The fourth-order valence-electron chi connectivity index (χ4n) is 2.77. The van der Waals surface area contributed by atoms with Crippen molar-refractivity contribution < 1.29 is 13.0 Å². The van der Waals surface area contributed by atoms with E-state index in [0.29, 0.717) is 17.3 Å². The molecule has 0 saturated heterocycles. The Morgan fingerprint density at radius 2 is 1.68 bits per heavy atom. The lowest BCUT2D eigenvalue weighted by atomic mass is 9.82. The van der Waals surface area contributed by atoms with Gasteiger partial charge in [0.25, 0.3) is 0 Å². The zero-order chi connectivity index (χ0) is 17.0. The van der Waals surface area contributed by atoms with E-state index in [4.69, 9.17) is 0 Å². The van der Waals surface area contributed by atoms with Crippen molar-refractivity contribution in [2.75, 3.05) is 6.54 Å². The van der Waals surface area contributed by atoms with E-state index < -0.39 is 14.4 Å². The summed E-state index contributed by atoms with van der Waals surface area (Å²) in [7, 11) is -3.88. The average molecular weight is 345 g/mol. The minimum Gasteiger partial charge on any atom is -0.739 e. The van der Waals surface area contributed by atoms with Crippen molar-refractivity contribution in [3.8, 4) is 0 Å². The van der Waals surface area contributed by atoms with Crippen LogP contribution in [-0.2, 0) is 9.15 Å². The summed E-state index contributed by atoms with van der Waals surface area (Å²) in [4.78, 5) is 0. The molecule has 126 valence electrons.